The normalized spacial score (nSPS) is 27.0. The van der Waals surface area contributed by atoms with E-state index in [0.717, 1.165) is 17.7 Å². The van der Waals surface area contributed by atoms with Gasteiger partial charge < -0.3 is 5.32 Å². The van der Waals surface area contributed by atoms with E-state index in [0.29, 0.717) is 12.1 Å². The van der Waals surface area contributed by atoms with Crippen LogP contribution in [0, 0.1) is 0 Å². The Morgan fingerprint density at radius 1 is 1.38 bits per heavy atom. The Kier molecular flexibility index (Phi) is 1.78. The van der Waals surface area contributed by atoms with Crippen molar-refractivity contribution >= 4 is 17.8 Å². The number of aliphatic imine (C=N–C) groups is 1. The van der Waals surface area contributed by atoms with Gasteiger partial charge in [0.25, 0.3) is 0 Å². The molecule has 0 bridgehead atoms. The first-order valence-electron chi connectivity index (χ1n) is 5.36. The summed E-state index contributed by atoms with van der Waals surface area (Å²) in [5.74, 6) is -0.0607. The van der Waals surface area contributed by atoms with E-state index in [2.05, 4.69) is 16.9 Å². The van der Waals surface area contributed by atoms with Crippen molar-refractivity contribution in [3.05, 3.63) is 42.0 Å². The van der Waals surface area contributed by atoms with Crippen LogP contribution in [0.15, 0.2) is 41.4 Å². The lowest BCUT2D eigenvalue weighted by atomic mass is 9.72. The molecule has 1 unspecified atom stereocenters. The average Bonchev–Trinajstić information content (AvgIpc) is 2.67. The summed E-state index contributed by atoms with van der Waals surface area (Å²) in [6.07, 6.45) is 2.72. The van der Waals surface area contributed by atoms with Crippen molar-refractivity contribution in [2.45, 2.75) is 11.8 Å². The summed E-state index contributed by atoms with van der Waals surface area (Å²) in [6, 6.07) is 7.95. The van der Waals surface area contributed by atoms with Gasteiger partial charge in [0.05, 0.1) is 11.1 Å². The van der Waals surface area contributed by atoms with Crippen molar-refractivity contribution < 1.29 is 4.79 Å². The number of rotatable bonds is 0. The molecule has 0 aromatic heterocycles. The zero-order chi connectivity index (χ0) is 11.2. The van der Waals surface area contributed by atoms with Gasteiger partial charge in [-0.15, -0.1) is 0 Å². The number of hydrogen-bond donors (Lipinski definition) is 1. The summed E-state index contributed by atoms with van der Waals surface area (Å²) in [7, 11) is 0. The van der Waals surface area contributed by atoms with Gasteiger partial charge in [-0.2, -0.15) is 0 Å². The minimum absolute atomic E-state index is 0.0607. The highest BCUT2D eigenvalue weighted by molar-refractivity contribution is 6.05. The van der Waals surface area contributed by atoms with E-state index in [4.69, 9.17) is 0 Å². The molecule has 1 amide bonds. The predicted molar refractivity (Wildman–Crippen MR) is 63.0 cm³/mol. The number of para-hydroxylation sites is 1. The summed E-state index contributed by atoms with van der Waals surface area (Å²) < 4.78 is 0. The molecule has 1 atom stereocenters. The summed E-state index contributed by atoms with van der Waals surface area (Å²) >= 11 is 0. The second-order valence-corrected chi connectivity index (χ2v) is 4.23. The Balaban J connectivity index is 2.17. The van der Waals surface area contributed by atoms with Crippen molar-refractivity contribution in [2.75, 3.05) is 6.54 Å². The Morgan fingerprint density at radius 2 is 2.19 bits per heavy atom. The van der Waals surface area contributed by atoms with Crippen LogP contribution in [0.25, 0.3) is 0 Å². The van der Waals surface area contributed by atoms with E-state index in [1.165, 1.54) is 0 Å². The highest BCUT2D eigenvalue weighted by atomic mass is 16.1. The van der Waals surface area contributed by atoms with E-state index in [9.17, 15) is 4.79 Å². The largest absolute Gasteiger partial charge is 0.352 e. The van der Waals surface area contributed by atoms with E-state index >= 15 is 0 Å². The van der Waals surface area contributed by atoms with Gasteiger partial charge in [0.1, 0.15) is 0 Å². The van der Waals surface area contributed by atoms with Crippen LogP contribution in [0.5, 0.6) is 0 Å². The lowest BCUT2D eigenvalue weighted by molar-refractivity contribution is -0.118. The molecule has 0 radical (unpaired) electrons. The first kappa shape index (κ1) is 9.33. The molecule has 1 aromatic carbocycles. The number of carbonyl (C=O) groups excluding carboxylic acids is 1. The number of nitrogens with one attached hydrogen (secondary N) is 1. The topological polar surface area (TPSA) is 41.5 Å². The molecule has 3 rings (SSSR count). The van der Waals surface area contributed by atoms with Gasteiger partial charge >= 0.3 is 0 Å². The second-order valence-electron chi connectivity index (χ2n) is 4.23. The summed E-state index contributed by atoms with van der Waals surface area (Å²) in [4.78, 5) is 16.1. The molecule has 1 saturated heterocycles. The Hall–Kier alpha value is -1.90. The molecule has 0 aliphatic carbocycles. The highest BCUT2D eigenvalue weighted by Gasteiger charge is 2.43. The summed E-state index contributed by atoms with van der Waals surface area (Å²) in [5.41, 5.74) is 2.31. The number of amides is 1. The van der Waals surface area contributed by atoms with Crippen LogP contribution in [-0.4, -0.2) is 18.7 Å². The Morgan fingerprint density at radius 3 is 3.06 bits per heavy atom. The average molecular weight is 212 g/mol. The van der Waals surface area contributed by atoms with Crippen LogP contribution in [0.3, 0.4) is 0 Å². The lowest BCUT2D eigenvalue weighted by Crippen LogP contribution is -2.45. The molecule has 2 heterocycles. The predicted octanol–water partition coefficient (Wildman–Crippen LogP) is 1.72. The van der Waals surface area contributed by atoms with Gasteiger partial charge in [-0.1, -0.05) is 24.8 Å². The van der Waals surface area contributed by atoms with Crippen molar-refractivity contribution in [3.8, 4) is 0 Å². The maximum atomic E-state index is 11.7. The molecule has 1 aromatic rings. The van der Waals surface area contributed by atoms with E-state index in [1.54, 1.807) is 0 Å². The maximum Gasteiger partial charge on any atom is 0.247 e. The van der Waals surface area contributed by atoms with Crippen molar-refractivity contribution in [1.82, 2.24) is 5.32 Å². The molecule has 1 fully saturated rings. The van der Waals surface area contributed by atoms with Crippen molar-refractivity contribution in [2.24, 2.45) is 4.99 Å². The molecule has 80 valence electrons. The zero-order valence-corrected chi connectivity index (χ0v) is 8.86. The van der Waals surface area contributed by atoms with Crippen LogP contribution in [-0.2, 0) is 10.2 Å². The third-order valence-corrected chi connectivity index (χ3v) is 3.43. The fourth-order valence-corrected chi connectivity index (χ4v) is 2.49. The third-order valence-electron chi connectivity index (χ3n) is 3.43. The molecule has 3 heteroatoms. The molecule has 1 spiro atoms. The third kappa shape index (κ3) is 1.03. The molecule has 1 N–H and O–H groups in total. The monoisotopic (exact) mass is 212 g/mol. The number of piperidine rings is 1. The molecule has 2 aliphatic rings. The minimum atomic E-state index is -0.362. The fraction of sp³-hybridized carbons (Fsp3) is 0.231. The molecular formula is C13H12N2O. The van der Waals surface area contributed by atoms with Gasteiger partial charge in [0.2, 0.25) is 5.91 Å². The molecule has 2 aliphatic heterocycles. The van der Waals surface area contributed by atoms with Gasteiger partial charge in [0.15, 0.2) is 0 Å². The van der Waals surface area contributed by atoms with Crippen LogP contribution in [0.1, 0.15) is 12.0 Å². The molecular weight excluding hydrogens is 200 g/mol. The number of fused-ring (bicyclic) bond motifs is 2. The lowest BCUT2D eigenvalue weighted by Gasteiger charge is -2.33. The Bertz CT molecular complexity index is 518. The molecule has 3 nitrogen and oxygen atoms in total. The van der Waals surface area contributed by atoms with E-state index in [-0.39, 0.29) is 11.3 Å². The number of carbonyl (C=O) groups is 1. The number of nitrogens with zero attached hydrogens (tertiary/aromatic N) is 1. The van der Waals surface area contributed by atoms with Gasteiger partial charge in [-0.25, -0.2) is 0 Å². The zero-order valence-electron chi connectivity index (χ0n) is 8.86. The first-order valence-corrected chi connectivity index (χ1v) is 5.36. The molecule has 0 saturated carbocycles. The summed E-state index contributed by atoms with van der Waals surface area (Å²) in [6.45, 7) is 4.60. The van der Waals surface area contributed by atoms with Crippen LogP contribution >= 0.6 is 0 Å². The minimum Gasteiger partial charge on any atom is -0.352 e. The quantitative estimate of drug-likeness (QED) is 0.653. The smallest absolute Gasteiger partial charge is 0.247 e. The van der Waals surface area contributed by atoms with Gasteiger partial charge in [-0.05, 0) is 18.1 Å². The number of hydrogen-bond acceptors (Lipinski definition) is 2. The number of benzene rings is 1. The van der Waals surface area contributed by atoms with Gasteiger partial charge in [-0.3, -0.25) is 9.79 Å². The maximum absolute atomic E-state index is 11.7. The Labute approximate surface area is 93.9 Å². The van der Waals surface area contributed by atoms with Gasteiger partial charge in [0, 0.05) is 18.3 Å². The fourth-order valence-electron chi connectivity index (χ4n) is 2.49. The van der Waals surface area contributed by atoms with Crippen molar-refractivity contribution in [3.63, 3.8) is 0 Å². The molecule has 16 heavy (non-hydrogen) atoms. The van der Waals surface area contributed by atoms with E-state index in [1.807, 2.05) is 30.5 Å². The standard InChI is InChI=1S/C13H12N2O/c1-9-12(16)14-7-6-13(9)8-15-11-5-3-2-4-10(11)13/h2-5,8H,1,6-7H2,(H,14,16). The van der Waals surface area contributed by atoms with Crippen LogP contribution < -0.4 is 5.32 Å². The summed E-state index contributed by atoms with van der Waals surface area (Å²) in [5, 5.41) is 2.81. The van der Waals surface area contributed by atoms with E-state index < -0.39 is 0 Å². The second kappa shape index (κ2) is 3.04. The SMILES string of the molecule is C=C1C(=O)NCCC12C=Nc1ccccc12. The first-order chi connectivity index (χ1) is 7.74. The van der Waals surface area contributed by atoms with Crippen LogP contribution in [0.4, 0.5) is 5.69 Å². The van der Waals surface area contributed by atoms with Crippen molar-refractivity contribution in [1.29, 1.82) is 0 Å². The highest BCUT2D eigenvalue weighted by Crippen LogP contribution is 2.44. The van der Waals surface area contributed by atoms with Crippen LogP contribution in [0.2, 0.25) is 0 Å².